The molecule has 1 aliphatic rings. The molecule has 1 aromatic heterocycles. The van der Waals surface area contributed by atoms with Crippen molar-refractivity contribution in [3.8, 4) is 0 Å². The number of amides is 2. The molecule has 0 unspecified atom stereocenters. The number of carbonyl (C=O) groups is 2. The van der Waals surface area contributed by atoms with Gasteiger partial charge in [0.05, 0.1) is 6.54 Å². The van der Waals surface area contributed by atoms with Gasteiger partial charge in [0.25, 0.3) is 11.8 Å². The first kappa shape index (κ1) is 15.7. The Kier molecular flexibility index (Phi) is 4.19. The number of benzene rings is 1. The van der Waals surface area contributed by atoms with E-state index in [4.69, 9.17) is 0 Å². The summed E-state index contributed by atoms with van der Waals surface area (Å²) in [5.41, 5.74) is -0.206. The molecule has 23 heavy (non-hydrogen) atoms. The molecular formula is C17H18N2O3S. The number of anilines is 1. The lowest BCUT2D eigenvalue weighted by molar-refractivity contribution is -0.149. The number of nitrogens with one attached hydrogen (secondary N) is 1. The van der Waals surface area contributed by atoms with E-state index in [-0.39, 0.29) is 6.42 Å². The third-order valence-electron chi connectivity index (χ3n) is 4.12. The minimum Gasteiger partial charge on any atom is -0.372 e. The first-order chi connectivity index (χ1) is 11.0. The minimum absolute atomic E-state index is 0.0932. The summed E-state index contributed by atoms with van der Waals surface area (Å²) in [6.45, 7) is 2.61. The molecule has 2 N–H and O–H groups in total. The van der Waals surface area contributed by atoms with Crippen molar-refractivity contribution in [1.29, 1.82) is 0 Å². The van der Waals surface area contributed by atoms with Gasteiger partial charge in [-0.3, -0.25) is 9.59 Å². The fourth-order valence-electron chi connectivity index (χ4n) is 2.66. The number of hydrogen-bond acceptors (Lipinski definition) is 4. The van der Waals surface area contributed by atoms with Gasteiger partial charge in [-0.1, -0.05) is 18.2 Å². The van der Waals surface area contributed by atoms with Gasteiger partial charge >= 0.3 is 0 Å². The van der Waals surface area contributed by atoms with Gasteiger partial charge in [0.1, 0.15) is 0 Å². The molecule has 0 aliphatic carbocycles. The highest BCUT2D eigenvalue weighted by atomic mass is 32.1. The van der Waals surface area contributed by atoms with Gasteiger partial charge in [-0.2, -0.15) is 0 Å². The molecule has 2 aromatic rings. The highest BCUT2D eigenvalue weighted by molar-refractivity contribution is 7.10. The van der Waals surface area contributed by atoms with Crippen LogP contribution in [0.4, 0.5) is 5.69 Å². The topological polar surface area (TPSA) is 69.6 Å². The zero-order valence-corrected chi connectivity index (χ0v) is 13.6. The molecule has 1 aromatic carbocycles. The van der Waals surface area contributed by atoms with Crippen LogP contribution in [0.1, 0.15) is 16.9 Å². The molecule has 0 spiro atoms. The van der Waals surface area contributed by atoms with Gasteiger partial charge in [-0.15, -0.1) is 11.3 Å². The quantitative estimate of drug-likeness (QED) is 0.841. The van der Waals surface area contributed by atoms with Crippen LogP contribution in [0.15, 0.2) is 41.8 Å². The summed E-state index contributed by atoms with van der Waals surface area (Å²) in [5.74, 6) is -1.20. The van der Waals surface area contributed by atoms with E-state index >= 15 is 0 Å². The second-order valence-corrected chi connectivity index (χ2v) is 6.61. The summed E-state index contributed by atoms with van der Waals surface area (Å²) in [7, 11) is 0. The SMILES string of the molecule is Cc1ccsc1CNC(=O)[C@@]1(O)CCN(c2ccccc2)C1=O. The van der Waals surface area contributed by atoms with E-state index < -0.39 is 17.4 Å². The van der Waals surface area contributed by atoms with Crippen molar-refractivity contribution >= 4 is 28.8 Å². The lowest BCUT2D eigenvalue weighted by atomic mass is 10.0. The maximum atomic E-state index is 12.5. The number of carbonyl (C=O) groups excluding carboxylic acids is 2. The average molecular weight is 330 g/mol. The van der Waals surface area contributed by atoms with Crippen LogP contribution >= 0.6 is 11.3 Å². The van der Waals surface area contributed by atoms with E-state index in [0.29, 0.717) is 18.8 Å². The number of aliphatic hydroxyl groups is 1. The fraction of sp³-hybridized carbons (Fsp3) is 0.294. The van der Waals surface area contributed by atoms with Crippen LogP contribution in [-0.2, 0) is 16.1 Å². The van der Waals surface area contributed by atoms with Gasteiger partial charge < -0.3 is 15.3 Å². The summed E-state index contributed by atoms with van der Waals surface area (Å²) in [6.07, 6.45) is 0.0932. The molecule has 0 bridgehead atoms. The van der Waals surface area contributed by atoms with E-state index in [1.807, 2.05) is 36.6 Å². The Bertz CT molecular complexity index is 728. The van der Waals surface area contributed by atoms with Crippen LogP contribution in [0.3, 0.4) is 0 Å². The highest BCUT2D eigenvalue weighted by Gasteiger charge is 2.51. The molecule has 1 aliphatic heterocycles. The number of rotatable bonds is 4. The Morgan fingerprint density at radius 2 is 2.09 bits per heavy atom. The lowest BCUT2D eigenvalue weighted by Crippen LogP contribution is -2.52. The Hall–Kier alpha value is -2.18. The minimum atomic E-state index is -1.99. The van der Waals surface area contributed by atoms with Crippen LogP contribution in [0.25, 0.3) is 0 Å². The fourth-order valence-corrected chi connectivity index (χ4v) is 3.51. The van der Waals surface area contributed by atoms with Crippen molar-refractivity contribution in [2.24, 2.45) is 0 Å². The zero-order valence-electron chi connectivity index (χ0n) is 12.8. The van der Waals surface area contributed by atoms with Gasteiger partial charge in [-0.05, 0) is 36.1 Å². The number of hydrogen-bond donors (Lipinski definition) is 2. The molecule has 5 nitrogen and oxygen atoms in total. The molecule has 2 amide bonds. The molecule has 2 heterocycles. The molecule has 0 radical (unpaired) electrons. The summed E-state index contributed by atoms with van der Waals surface area (Å²) < 4.78 is 0. The van der Waals surface area contributed by atoms with Crippen molar-refractivity contribution in [3.05, 3.63) is 52.2 Å². The van der Waals surface area contributed by atoms with Crippen LogP contribution < -0.4 is 10.2 Å². The van der Waals surface area contributed by atoms with Crippen molar-refractivity contribution in [2.45, 2.75) is 25.5 Å². The summed E-state index contributed by atoms with van der Waals surface area (Å²) in [5, 5.41) is 15.2. The molecule has 1 saturated heterocycles. The summed E-state index contributed by atoms with van der Waals surface area (Å²) >= 11 is 1.54. The molecular weight excluding hydrogens is 312 g/mol. The molecule has 1 fully saturated rings. The monoisotopic (exact) mass is 330 g/mol. The van der Waals surface area contributed by atoms with Gasteiger partial charge in [0.15, 0.2) is 0 Å². The molecule has 3 rings (SSSR count). The van der Waals surface area contributed by atoms with Gasteiger partial charge in [-0.25, -0.2) is 0 Å². The maximum Gasteiger partial charge on any atom is 0.268 e. The van der Waals surface area contributed by atoms with Gasteiger partial charge in [0.2, 0.25) is 5.60 Å². The van der Waals surface area contributed by atoms with E-state index in [1.165, 1.54) is 16.2 Å². The predicted molar refractivity (Wildman–Crippen MR) is 89.3 cm³/mol. The van der Waals surface area contributed by atoms with Crippen LogP contribution in [0, 0.1) is 6.92 Å². The van der Waals surface area contributed by atoms with Crippen molar-refractivity contribution in [1.82, 2.24) is 5.32 Å². The number of aryl methyl sites for hydroxylation is 1. The standard InChI is InChI=1S/C17H18N2O3S/c1-12-7-10-23-14(12)11-18-15(20)17(22)8-9-19(16(17)21)13-5-3-2-4-6-13/h2-7,10,22H,8-9,11H2,1H3,(H,18,20)/t17-/m0/s1. The summed E-state index contributed by atoms with van der Waals surface area (Å²) in [6, 6.07) is 11.0. The van der Waals surface area contributed by atoms with E-state index in [2.05, 4.69) is 5.32 Å². The highest BCUT2D eigenvalue weighted by Crippen LogP contribution is 2.28. The molecule has 1 atom stereocenters. The molecule has 120 valence electrons. The van der Waals surface area contributed by atoms with Crippen molar-refractivity contribution in [2.75, 3.05) is 11.4 Å². The maximum absolute atomic E-state index is 12.5. The van der Waals surface area contributed by atoms with Crippen LogP contribution in [0.2, 0.25) is 0 Å². The first-order valence-corrected chi connectivity index (χ1v) is 8.31. The second kappa shape index (κ2) is 6.14. The normalized spacial score (nSPS) is 20.8. The Morgan fingerprint density at radius 1 is 1.35 bits per heavy atom. The third-order valence-corrected chi connectivity index (χ3v) is 5.14. The lowest BCUT2D eigenvalue weighted by Gasteiger charge is -2.21. The average Bonchev–Trinajstić information content (AvgIpc) is 3.11. The Morgan fingerprint density at radius 3 is 2.74 bits per heavy atom. The zero-order chi connectivity index (χ0) is 16.4. The van der Waals surface area contributed by atoms with Crippen molar-refractivity contribution in [3.63, 3.8) is 0 Å². The van der Waals surface area contributed by atoms with E-state index in [9.17, 15) is 14.7 Å². The number of para-hydroxylation sites is 1. The Balaban J connectivity index is 1.70. The summed E-state index contributed by atoms with van der Waals surface area (Å²) in [4.78, 5) is 27.3. The smallest absolute Gasteiger partial charge is 0.268 e. The predicted octanol–water partition coefficient (Wildman–Crippen LogP) is 1.84. The third kappa shape index (κ3) is 2.87. The molecule has 0 saturated carbocycles. The van der Waals surface area contributed by atoms with Crippen LogP contribution in [-0.4, -0.2) is 29.1 Å². The van der Waals surface area contributed by atoms with Gasteiger partial charge in [0, 0.05) is 23.5 Å². The first-order valence-electron chi connectivity index (χ1n) is 7.43. The largest absolute Gasteiger partial charge is 0.372 e. The van der Waals surface area contributed by atoms with E-state index in [1.54, 1.807) is 12.1 Å². The van der Waals surface area contributed by atoms with Crippen molar-refractivity contribution < 1.29 is 14.7 Å². The van der Waals surface area contributed by atoms with Crippen LogP contribution in [0.5, 0.6) is 0 Å². The Labute approximate surface area is 138 Å². The van der Waals surface area contributed by atoms with E-state index in [0.717, 1.165) is 10.4 Å². The molecule has 6 heteroatoms. The second-order valence-electron chi connectivity index (χ2n) is 5.61. The number of thiophene rings is 1. The number of nitrogens with zero attached hydrogens (tertiary/aromatic N) is 1.